The fraction of sp³-hybridized carbons (Fsp3) is 0.474. The maximum Gasteiger partial charge on any atom is 0.471 e. The van der Waals surface area contributed by atoms with Gasteiger partial charge in [-0.05, 0) is 117 Å². The quantitative estimate of drug-likeness (QED) is 0.0572. The number of rotatable bonds is 8. The number of hydrogen-bond acceptors (Lipinski definition) is 11. The number of piperidine rings is 2. The second-order valence-electron chi connectivity index (χ2n) is 23.0. The molecule has 4 N–H and O–H groups in total. The Kier molecular flexibility index (Phi) is 14.3. The number of benzene rings is 3. The molecule has 0 radical (unpaired) electrons. The van der Waals surface area contributed by atoms with E-state index in [1.165, 1.54) is 32.9 Å². The molecule has 1 saturated carbocycles. The molecule has 4 aromatic rings. The molecule has 7 aliphatic rings. The van der Waals surface area contributed by atoms with E-state index in [0.29, 0.717) is 67.6 Å². The summed E-state index contributed by atoms with van der Waals surface area (Å²) >= 11 is 6.54. The summed E-state index contributed by atoms with van der Waals surface area (Å²) in [6.07, 6.45) is -0.145. The minimum Gasteiger partial charge on any atom is -0.487 e. The first kappa shape index (κ1) is 55.5. The van der Waals surface area contributed by atoms with Gasteiger partial charge in [-0.3, -0.25) is 44.1 Å². The Hall–Kier alpha value is -6.40. The summed E-state index contributed by atoms with van der Waals surface area (Å²) < 4.78 is 84.0. The van der Waals surface area contributed by atoms with Gasteiger partial charge in [0.15, 0.2) is 0 Å². The Morgan fingerprint density at radius 3 is 2.50 bits per heavy atom. The monoisotopic (exact) mass is 1140 g/mol. The largest absolute Gasteiger partial charge is 0.487 e. The zero-order chi connectivity index (χ0) is 56.8. The molecule has 2 spiro atoms. The van der Waals surface area contributed by atoms with Gasteiger partial charge in [0.2, 0.25) is 17.7 Å². The molecule has 6 atom stereocenters. The van der Waals surface area contributed by atoms with Gasteiger partial charge >= 0.3 is 14.0 Å². The number of amides is 5. The van der Waals surface area contributed by atoms with Crippen LogP contribution in [0.2, 0.25) is 5.02 Å². The van der Waals surface area contributed by atoms with E-state index < -0.39 is 79.1 Å². The molecule has 7 heterocycles. The zero-order valence-electron chi connectivity index (χ0n) is 44.1. The number of halogens is 5. The Balaban J connectivity index is 0.882. The second kappa shape index (κ2) is 20.5. The smallest absolute Gasteiger partial charge is 0.471 e. The van der Waals surface area contributed by atoms with Crippen molar-refractivity contribution in [3.8, 4) is 17.6 Å². The van der Waals surface area contributed by atoms with Gasteiger partial charge in [0.1, 0.15) is 36.1 Å². The van der Waals surface area contributed by atoms with E-state index in [-0.39, 0.29) is 89.1 Å². The number of imide groups is 1. The molecular weight excluding hydrogens is 1090 g/mol. The summed E-state index contributed by atoms with van der Waals surface area (Å²) in [4.78, 5) is 97.8. The number of alkyl halides is 3. The fourth-order valence-electron chi connectivity index (χ4n) is 13.6. The van der Waals surface area contributed by atoms with Crippen LogP contribution in [0.1, 0.15) is 133 Å². The highest BCUT2D eigenvalue weighted by Gasteiger charge is 2.71. The normalized spacial score (nSPS) is 25.9. The molecular formula is C57H59ClF4N7O10P. The predicted molar refractivity (Wildman–Crippen MR) is 284 cm³/mol. The lowest BCUT2D eigenvalue weighted by Gasteiger charge is -2.51. The number of phosphoric ester groups is 1. The molecule has 422 valence electrons. The summed E-state index contributed by atoms with van der Waals surface area (Å²) in [5.74, 6) is 2.81. The lowest BCUT2D eigenvalue weighted by atomic mass is 9.54. The van der Waals surface area contributed by atoms with Crippen molar-refractivity contribution in [3.63, 3.8) is 0 Å². The Labute approximate surface area is 463 Å². The molecule has 11 rings (SSSR count). The van der Waals surface area contributed by atoms with Crippen LogP contribution in [-0.4, -0.2) is 111 Å². The highest BCUT2D eigenvalue weighted by Crippen LogP contribution is 2.65. The maximum absolute atomic E-state index is 17.0. The third-order valence-electron chi connectivity index (χ3n) is 17.5. The van der Waals surface area contributed by atoms with Crippen LogP contribution >= 0.6 is 19.4 Å². The molecule has 80 heavy (non-hydrogen) atoms. The number of fused-ring (bicyclic) bond motifs is 5. The Bertz CT molecular complexity index is 3360. The van der Waals surface area contributed by atoms with Gasteiger partial charge in [-0.1, -0.05) is 55.5 Å². The first-order valence-electron chi connectivity index (χ1n) is 26.8. The number of nitrogens with one attached hydrogen (secondary N) is 2. The van der Waals surface area contributed by atoms with Crippen molar-refractivity contribution in [2.24, 2.45) is 11.3 Å². The second-order valence-corrected chi connectivity index (χ2v) is 24.7. The number of ether oxygens (including phenoxy) is 1. The van der Waals surface area contributed by atoms with E-state index in [0.717, 1.165) is 30.7 Å². The molecule has 4 fully saturated rings. The van der Waals surface area contributed by atoms with Crippen LogP contribution in [-0.2, 0) is 41.6 Å². The standard InChI is InChI=1S/C57H59ClF4N7O10P/c1-32-27-68(41-16-15-35(24-44(41)79-32)51(72)66-23-7-9-33(28-66)8-4-10-34-11-5-12-36-38(34)29-69(52(36)73)42-17-18-46(70)64-50(42)71)53(74)49-47(37-13-6-14-40(58)48(37)59)56(55(65-49)21-19-54(2,3)20-22-55)30-67(31-78-80(75,76)77)43-25-45(57(60,61)62)63-26-39(43)56/h5-6,11-16,24-26,32-33,42,47,49,65H,7-9,17-23,27-31H2,1-3H3,(H,64,70,71)(H2,75,76,77)/t32-,33-,42+,47+,49-,56-/m1/s1. The van der Waals surface area contributed by atoms with Gasteiger partial charge < -0.3 is 34.1 Å². The molecule has 3 aromatic carbocycles. The molecule has 6 aliphatic heterocycles. The number of carbonyl (C=O) groups is 5. The molecule has 23 heteroatoms. The number of anilines is 2. The minimum absolute atomic E-state index is 0.000361. The maximum atomic E-state index is 17.0. The summed E-state index contributed by atoms with van der Waals surface area (Å²) in [5, 5.41) is 5.77. The molecule has 0 bridgehead atoms. The van der Waals surface area contributed by atoms with Crippen molar-refractivity contribution in [1.29, 1.82) is 0 Å². The van der Waals surface area contributed by atoms with Crippen LogP contribution in [0.4, 0.5) is 28.9 Å². The molecule has 17 nitrogen and oxygen atoms in total. The third-order valence-corrected chi connectivity index (χ3v) is 18.3. The van der Waals surface area contributed by atoms with Gasteiger partial charge in [-0.2, -0.15) is 13.2 Å². The number of nitrogens with zero attached hydrogens (tertiary/aromatic N) is 5. The van der Waals surface area contributed by atoms with Crippen molar-refractivity contribution in [2.75, 3.05) is 42.7 Å². The van der Waals surface area contributed by atoms with Crippen LogP contribution in [0.3, 0.4) is 0 Å². The van der Waals surface area contributed by atoms with Gasteiger partial charge in [-0.25, -0.2) is 8.96 Å². The SMILES string of the molecule is C[C@@H]1CN(C(=O)[C@@H]2NC3(CCC(C)(C)CC3)[C@@]3(CN(COP(=O)(O)O)c4cc(C(F)(F)F)ncc43)[C@H]2c2cccc(Cl)c2F)c2ccc(C(=O)N3CCC[C@@H](CC#Cc4cccc5c4CN([C@H]4CCC(=O)NC4=O)C5=O)C3)cc2O1. The van der Waals surface area contributed by atoms with E-state index in [2.05, 4.69) is 41.3 Å². The highest BCUT2D eigenvalue weighted by atomic mass is 35.5. The summed E-state index contributed by atoms with van der Waals surface area (Å²) in [5.41, 5.74) is -1.47. The molecule has 3 saturated heterocycles. The first-order chi connectivity index (χ1) is 37.9. The van der Waals surface area contributed by atoms with Gasteiger partial charge in [0, 0.05) is 90.0 Å². The van der Waals surface area contributed by atoms with Gasteiger partial charge in [0.25, 0.3) is 11.8 Å². The number of hydrogen-bond donors (Lipinski definition) is 4. The summed E-state index contributed by atoms with van der Waals surface area (Å²) in [6, 6.07) is 13.3. The number of aromatic nitrogens is 1. The Morgan fingerprint density at radius 2 is 1.76 bits per heavy atom. The van der Waals surface area contributed by atoms with E-state index in [9.17, 15) is 46.7 Å². The number of phosphoric acid groups is 1. The summed E-state index contributed by atoms with van der Waals surface area (Å²) in [6.45, 7) is 5.97. The lowest BCUT2D eigenvalue weighted by molar-refractivity contribution is -0.141. The summed E-state index contributed by atoms with van der Waals surface area (Å²) in [7, 11) is -5.19. The van der Waals surface area contributed by atoms with Crippen molar-refractivity contribution >= 4 is 60.3 Å². The number of pyridine rings is 1. The molecule has 0 unspecified atom stereocenters. The minimum atomic E-state index is -5.19. The van der Waals surface area contributed by atoms with Crippen molar-refractivity contribution < 1.29 is 65.1 Å². The first-order valence-corrected chi connectivity index (χ1v) is 28.7. The Morgan fingerprint density at radius 1 is 1.00 bits per heavy atom. The fourth-order valence-corrected chi connectivity index (χ4v) is 14.1. The topological polar surface area (TPSA) is 211 Å². The van der Waals surface area contributed by atoms with Crippen molar-refractivity contribution in [2.45, 2.75) is 126 Å². The van der Waals surface area contributed by atoms with E-state index >= 15 is 9.18 Å². The highest BCUT2D eigenvalue weighted by molar-refractivity contribution is 7.46. The van der Waals surface area contributed by atoms with E-state index in [1.807, 2.05) is 6.07 Å². The van der Waals surface area contributed by atoms with E-state index in [1.54, 1.807) is 42.2 Å². The predicted octanol–water partition coefficient (Wildman–Crippen LogP) is 7.98. The van der Waals surface area contributed by atoms with Crippen molar-refractivity contribution in [3.05, 3.63) is 117 Å². The third kappa shape index (κ3) is 9.93. The molecule has 5 amide bonds. The van der Waals surface area contributed by atoms with Crippen molar-refractivity contribution in [1.82, 2.24) is 25.4 Å². The van der Waals surface area contributed by atoms with Crippen LogP contribution < -0.4 is 25.2 Å². The molecule has 1 aromatic heterocycles. The average Bonchev–Trinajstić information content (AvgIpc) is 4.14. The lowest BCUT2D eigenvalue weighted by Crippen LogP contribution is -2.60. The average molecular weight is 1140 g/mol. The molecule has 1 aliphatic carbocycles. The van der Waals surface area contributed by atoms with Gasteiger partial charge in [-0.15, -0.1) is 0 Å². The van der Waals surface area contributed by atoms with Crippen LogP contribution in [0, 0.1) is 29.0 Å². The zero-order valence-corrected chi connectivity index (χ0v) is 45.7. The van der Waals surface area contributed by atoms with Gasteiger partial charge in [0.05, 0.1) is 23.3 Å². The van der Waals surface area contributed by atoms with Crippen LogP contribution in [0.5, 0.6) is 5.75 Å². The van der Waals surface area contributed by atoms with Crippen LogP contribution in [0.15, 0.2) is 66.9 Å². The number of carbonyl (C=O) groups excluding carboxylic acids is 5. The van der Waals surface area contributed by atoms with Crippen LogP contribution in [0.25, 0.3) is 0 Å². The van der Waals surface area contributed by atoms with E-state index in [4.69, 9.17) is 20.9 Å². The number of likely N-dealkylation sites (tertiary alicyclic amines) is 1.